The third-order valence-corrected chi connectivity index (χ3v) is 4.44. The van der Waals surface area contributed by atoms with Crippen LogP contribution in [0.2, 0.25) is 0 Å². The molecule has 3 aromatic heterocycles. The van der Waals surface area contributed by atoms with Gasteiger partial charge in [-0.05, 0) is 49.3 Å². The maximum Gasteiger partial charge on any atom is 0.198 e. The van der Waals surface area contributed by atoms with E-state index in [4.69, 9.17) is 0 Å². The zero-order valence-electron chi connectivity index (χ0n) is 11.0. The molecule has 0 aliphatic heterocycles. The Labute approximate surface area is 124 Å². The SMILES string of the molecule is CCn1c(Sc2nc(C)ns2)nnc1-c1ccccn1. The summed E-state index contributed by atoms with van der Waals surface area (Å²) in [4.78, 5) is 8.66. The molecule has 0 unspecified atom stereocenters. The van der Waals surface area contributed by atoms with Crippen molar-refractivity contribution in [1.29, 1.82) is 0 Å². The normalized spacial score (nSPS) is 10.9. The highest BCUT2D eigenvalue weighted by Crippen LogP contribution is 2.29. The zero-order valence-corrected chi connectivity index (χ0v) is 12.6. The Morgan fingerprint density at radius 3 is 2.85 bits per heavy atom. The molecule has 3 rings (SSSR count). The summed E-state index contributed by atoms with van der Waals surface area (Å²) < 4.78 is 7.08. The monoisotopic (exact) mass is 304 g/mol. The fraction of sp³-hybridized carbons (Fsp3) is 0.250. The van der Waals surface area contributed by atoms with Crippen LogP contribution in [-0.4, -0.2) is 29.1 Å². The van der Waals surface area contributed by atoms with Crippen LogP contribution in [0.4, 0.5) is 0 Å². The standard InChI is InChI=1S/C12H12N6S2/c1-3-18-10(9-6-4-5-7-13-9)15-16-11(18)19-12-14-8(2)17-20-12/h4-7H,3H2,1-2H3. The predicted molar refractivity (Wildman–Crippen MR) is 77.7 cm³/mol. The Balaban J connectivity index is 1.95. The summed E-state index contributed by atoms with van der Waals surface area (Å²) in [5.41, 5.74) is 0.821. The van der Waals surface area contributed by atoms with Gasteiger partial charge >= 0.3 is 0 Å². The maximum atomic E-state index is 4.34. The lowest BCUT2D eigenvalue weighted by atomic mass is 10.3. The van der Waals surface area contributed by atoms with Crippen LogP contribution >= 0.6 is 23.3 Å². The molecule has 0 aliphatic rings. The van der Waals surface area contributed by atoms with E-state index in [2.05, 4.69) is 31.5 Å². The second kappa shape index (κ2) is 5.68. The molecule has 0 saturated carbocycles. The Hall–Kier alpha value is -1.80. The first kappa shape index (κ1) is 13.2. The average molecular weight is 304 g/mol. The van der Waals surface area contributed by atoms with E-state index >= 15 is 0 Å². The molecule has 102 valence electrons. The van der Waals surface area contributed by atoms with E-state index in [-0.39, 0.29) is 0 Å². The van der Waals surface area contributed by atoms with E-state index in [1.165, 1.54) is 23.3 Å². The van der Waals surface area contributed by atoms with Crippen LogP contribution < -0.4 is 0 Å². The number of hydrogen-bond acceptors (Lipinski definition) is 7. The van der Waals surface area contributed by atoms with Crippen molar-refractivity contribution in [2.45, 2.75) is 29.9 Å². The van der Waals surface area contributed by atoms with Gasteiger partial charge in [0.15, 0.2) is 15.3 Å². The van der Waals surface area contributed by atoms with Gasteiger partial charge in [-0.15, -0.1) is 10.2 Å². The molecule has 20 heavy (non-hydrogen) atoms. The lowest BCUT2D eigenvalue weighted by Crippen LogP contribution is -2.00. The topological polar surface area (TPSA) is 69.4 Å². The molecule has 3 aromatic rings. The highest BCUT2D eigenvalue weighted by atomic mass is 32.2. The largest absolute Gasteiger partial charge is 0.301 e. The van der Waals surface area contributed by atoms with Crippen LogP contribution in [0.5, 0.6) is 0 Å². The summed E-state index contributed by atoms with van der Waals surface area (Å²) in [5, 5.41) is 9.30. The molecule has 8 heteroatoms. The van der Waals surface area contributed by atoms with E-state index in [0.29, 0.717) is 0 Å². The Kier molecular flexibility index (Phi) is 3.75. The summed E-state index contributed by atoms with van der Waals surface area (Å²) >= 11 is 2.86. The highest BCUT2D eigenvalue weighted by molar-refractivity contribution is 8.00. The van der Waals surface area contributed by atoms with E-state index < -0.39 is 0 Å². The number of aromatic nitrogens is 6. The molecule has 3 heterocycles. The van der Waals surface area contributed by atoms with E-state index in [1.807, 2.05) is 29.7 Å². The third-order valence-electron chi connectivity index (χ3n) is 2.61. The lowest BCUT2D eigenvalue weighted by molar-refractivity contribution is 0.686. The van der Waals surface area contributed by atoms with Gasteiger partial charge in [0.05, 0.1) is 0 Å². The predicted octanol–water partition coefficient (Wildman–Crippen LogP) is 2.67. The Morgan fingerprint density at radius 2 is 2.20 bits per heavy atom. The van der Waals surface area contributed by atoms with E-state index in [1.54, 1.807) is 6.20 Å². The number of nitrogens with zero attached hydrogens (tertiary/aromatic N) is 6. The second-order valence-electron chi connectivity index (χ2n) is 3.97. The summed E-state index contributed by atoms with van der Waals surface area (Å²) in [5.74, 6) is 1.56. The molecular weight excluding hydrogens is 292 g/mol. The minimum absolute atomic E-state index is 0.775. The molecule has 0 spiro atoms. The van der Waals surface area contributed by atoms with Crippen molar-refractivity contribution in [3.05, 3.63) is 30.2 Å². The fourth-order valence-electron chi connectivity index (χ4n) is 1.73. The van der Waals surface area contributed by atoms with Gasteiger partial charge in [-0.2, -0.15) is 4.37 Å². The van der Waals surface area contributed by atoms with Gasteiger partial charge in [0.1, 0.15) is 11.5 Å². The van der Waals surface area contributed by atoms with Gasteiger partial charge in [-0.3, -0.25) is 4.98 Å². The summed E-state index contributed by atoms with van der Waals surface area (Å²) in [6.07, 6.45) is 1.75. The molecule has 0 aliphatic carbocycles. The summed E-state index contributed by atoms with van der Waals surface area (Å²) in [6, 6.07) is 5.76. The molecule has 0 bridgehead atoms. The van der Waals surface area contributed by atoms with Crippen molar-refractivity contribution in [3.8, 4) is 11.5 Å². The van der Waals surface area contributed by atoms with Crippen molar-refractivity contribution in [2.75, 3.05) is 0 Å². The van der Waals surface area contributed by atoms with Crippen molar-refractivity contribution < 1.29 is 0 Å². The van der Waals surface area contributed by atoms with Crippen molar-refractivity contribution in [2.24, 2.45) is 0 Å². The number of aryl methyl sites for hydroxylation is 1. The number of pyridine rings is 1. The van der Waals surface area contributed by atoms with Crippen LogP contribution in [-0.2, 0) is 6.54 Å². The molecule has 0 radical (unpaired) electrons. The summed E-state index contributed by atoms with van der Waals surface area (Å²) in [7, 11) is 0. The van der Waals surface area contributed by atoms with E-state index in [9.17, 15) is 0 Å². The molecule has 0 aromatic carbocycles. The second-order valence-corrected chi connectivity index (χ2v) is 5.94. The van der Waals surface area contributed by atoms with Crippen molar-refractivity contribution >= 4 is 23.3 Å². The Morgan fingerprint density at radius 1 is 1.30 bits per heavy atom. The number of rotatable bonds is 4. The molecular formula is C12H12N6S2. The highest BCUT2D eigenvalue weighted by Gasteiger charge is 2.15. The van der Waals surface area contributed by atoms with Gasteiger partial charge in [0.25, 0.3) is 0 Å². The molecule has 0 fully saturated rings. The molecule has 0 N–H and O–H groups in total. The first-order valence-electron chi connectivity index (χ1n) is 6.10. The first-order valence-corrected chi connectivity index (χ1v) is 7.69. The van der Waals surface area contributed by atoms with Gasteiger partial charge in [-0.1, -0.05) is 6.07 Å². The van der Waals surface area contributed by atoms with Gasteiger partial charge in [0.2, 0.25) is 0 Å². The van der Waals surface area contributed by atoms with Gasteiger partial charge in [-0.25, -0.2) is 4.98 Å². The molecule has 0 amide bonds. The van der Waals surface area contributed by atoms with Crippen LogP contribution in [0.3, 0.4) is 0 Å². The van der Waals surface area contributed by atoms with Crippen LogP contribution in [0.25, 0.3) is 11.5 Å². The third kappa shape index (κ3) is 2.56. The maximum absolute atomic E-state index is 4.34. The quantitative estimate of drug-likeness (QED) is 0.738. The average Bonchev–Trinajstić information content (AvgIpc) is 3.06. The van der Waals surface area contributed by atoms with Crippen LogP contribution in [0, 0.1) is 6.92 Å². The minimum atomic E-state index is 0.775. The zero-order chi connectivity index (χ0) is 13.9. The molecule has 6 nitrogen and oxygen atoms in total. The van der Waals surface area contributed by atoms with Gasteiger partial charge < -0.3 is 4.57 Å². The van der Waals surface area contributed by atoms with Crippen molar-refractivity contribution in [1.82, 2.24) is 29.1 Å². The van der Waals surface area contributed by atoms with Gasteiger partial charge in [0, 0.05) is 12.7 Å². The molecule has 0 saturated heterocycles. The minimum Gasteiger partial charge on any atom is -0.301 e. The van der Waals surface area contributed by atoms with E-state index in [0.717, 1.165) is 33.4 Å². The van der Waals surface area contributed by atoms with Crippen LogP contribution in [0.1, 0.15) is 12.7 Å². The number of hydrogen-bond donors (Lipinski definition) is 0. The van der Waals surface area contributed by atoms with Crippen LogP contribution in [0.15, 0.2) is 33.9 Å². The van der Waals surface area contributed by atoms with Crippen molar-refractivity contribution in [3.63, 3.8) is 0 Å². The summed E-state index contributed by atoms with van der Waals surface area (Å²) in [6.45, 7) is 4.72. The smallest absolute Gasteiger partial charge is 0.198 e. The fourth-order valence-corrected chi connectivity index (χ4v) is 3.38. The lowest BCUT2D eigenvalue weighted by Gasteiger charge is -2.05. The Bertz CT molecular complexity index is 706. The molecule has 0 atom stereocenters. The first-order chi connectivity index (χ1) is 9.78.